The van der Waals surface area contributed by atoms with Crippen molar-refractivity contribution in [2.24, 2.45) is 0 Å². The first-order valence-electron chi connectivity index (χ1n) is 4.50. The van der Waals surface area contributed by atoms with Gasteiger partial charge in [-0.15, -0.1) is 0 Å². The molecule has 0 atom stereocenters. The van der Waals surface area contributed by atoms with E-state index in [0.29, 0.717) is 0 Å². The zero-order chi connectivity index (χ0) is 12.0. The van der Waals surface area contributed by atoms with Crippen molar-refractivity contribution in [1.82, 2.24) is 0 Å². The Kier molecular flexibility index (Phi) is 26.9. The van der Waals surface area contributed by atoms with Gasteiger partial charge >= 0.3 is 0 Å². The molecule has 5 heteroatoms. The second-order valence-corrected chi connectivity index (χ2v) is 4.45. The number of carboxylic acid groups (broad SMARTS) is 1. The van der Waals surface area contributed by atoms with Crippen molar-refractivity contribution in [2.45, 2.75) is 50.7 Å². The summed E-state index contributed by atoms with van der Waals surface area (Å²) < 4.78 is -0.750. The van der Waals surface area contributed by atoms with Crippen molar-refractivity contribution in [3.8, 4) is 0 Å². The number of rotatable bonds is 3. The number of hydrogen-bond acceptors (Lipinski definition) is 1. The van der Waals surface area contributed by atoms with Crippen LogP contribution >= 0.6 is 34.8 Å². The molecule has 2 nitrogen and oxygen atoms in total. The van der Waals surface area contributed by atoms with E-state index < -0.39 is 10.3 Å². The number of alkyl halides is 3. The highest BCUT2D eigenvalue weighted by Gasteiger charge is 1.79. The van der Waals surface area contributed by atoms with E-state index in [4.69, 9.17) is 44.7 Å². The van der Waals surface area contributed by atoms with E-state index >= 15 is 0 Å². The van der Waals surface area contributed by atoms with Crippen LogP contribution in [-0.4, -0.2) is 15.4 Å². The lowest BCUT2D eigenvalue weighted by molar-refractivity contribution is -0.134. The first-order chi connectivity index (χ1) is 6.38. The van der Waals surface area contributed by atoms with E-state index in [2.05, 4.69) is 13.8 Å². The second kappa shape index (κ2) is 19.0. The summed E-state index contributed by atoms with van der Waals surface area (Å²) in [5, 5.41) is 7.42. The topological polar surface area (TPSA) is 37.3 Å². The van der Waals surface area contributed by atoms with Crippen LogP contribution in [0.15, 0.2) is 0 Å². The van der Waals surface area contributed by atoms with Crippen molar-refractivity contribution in [3.63, 3.8) is 0 Å². The van der Waals surface area contributed by atoms with E-state index in [-0.39, 0.29) is 0 Å². The molecule has 0 aliphatic heterocycles. The minimum atomic E-state index is -0.833. The van der Waals surface area contributed by atoms with Crippen LogP contribution in [0.25, 0.3) is 0 Å². The Balaban J connectivity index is -0.000000135. The van der Waals surface area contributed by atoms with Crippen LogP contribution in [0.1, 0.15) is 46.5 Å². The molecule has 0 bridgehead atoms. The van der Waals surface area contributed by atoms with Crippen LogP contribution < -0.4 is 0 Å². The number of aliphatic carboxylic acids is 1. The van der Waals surface area contributed by atoms with Gasteiger partial charge in [-0.05, 0) is 0 Å². The smallest absolute Gasteiger partial charge is 0.300 e. The van der Waals surface area contributed by atoms with Gasteiger partial charge in [0.05, 0.1) is 0 Å². The third-order valence-corrected chi connectivity index (χ3v) is 0.957. The van der Waals surface area contributed by atoms with Gasteiger partial charge in [0.15, 0.2) is 4.30 Å². The summed E-state index contributed by atoms with van der Waals surface area (Å²) in [6.07, 6.45) is 5.54. The molecule has 0 aliphatic carbocycles. The Morgan fingerprint density at radius 1 is 1.14 bits per heavy atom. The summed E-state index contributed by atoms with van der Waals surface area (Å²) in [7, 11) is 0. The predicted molar refractivity (Wildman–Crippen MR) is 64.5 cm³/mol. The van der Waals surface area contributed by atoms with Gasteiger partial charge in [-0.25, -0.2) is 0 Å². The van der Waals surface area contributed by atoms with Crippen LogP contribution in [0.3, 0.4) is 0 Å². The van der Waals surface area contributed by atoms with Crippen molar-refractivity contribution >= 4 is 40.8 Å². The van der Waals surface area contributed by atoms with Crippen LogP contribution in [0.4, 0.5) is 0 Å². The monoisotopic (exact) mass is 264 g/mol. The molecular formula is C9H19Cl3O2. The average Bonchev–Trinajstić information content (AvgIpc) is 1.98. The quantitative estimate of drug-likeness (QED) is 0.595. The Morgan fingerprint density at radius 3 is 1.36 bits per heavy atom. The number of halogens is 3. The maximum atomic E-state index is 9.00. The number of unbranched alkanes of at least 4 members (excludes halogenated alkanes) is 3. The van der Waals surface area contributed by atoms with E-state index in [1.54, 1.807) is 0 Å². The zero-order valence-electron chi connectivity index (χ0n) is 8.90. The average molecular weight is 266 g/mol. The molecular weight excluding hydrogens is 246 g/mol. The minimum Gasteiger partial charge on any atom is -0.481 e. The summed E-state index contributed by atoms with van der Waals surface area (Å²) in [6.45, 7) is 5.55. The Morgan fingerprint density at radius 2 is 1.29 bits per heavy atom. The third kappa shape index (κ3) is 142. The normalized spacial score (nSPS) is 8.21. The van der Waals surface area contributed by atoms with Gasteiger partial charge in [-0.1, -0.05) is 74.3 Å². The molecule has 0 aliphatic rings. The fourth-order valence-electron chi connectivity index (χ4n) is 0.500. The maximum Gasteiger partial charge on any atom is 0.300 e. The van der Waals surface area contributed by atoms with Crippen LogP contribution in [0.5, 0.6) is 0 Å². The van der Waals surface area contributed by atoms with Gasteiger partial charge < -0.3 is 5.11 Å². The first kappa shape index (κ1) is 19.8. The van der Waals surface area contributed by atoms with E-state index in [9.17, 15) is 0 Å². The first-order valence-corrected chi connectivity index (χ1v) is 5.81. The lowest BCUT2D eigenvalue weighted by atomic mass is 10.2. The highest BCUT2D eigenvalue weighted by atomic mass is 35.6. The van der Waals surface area contributed by atoms with Gasteiger partial charge in [-0.2, -0.15) is 0 Å². The molecule has 0 aromatic carbocycles. The molecule has 0 spiro atoms. The molecule has 0 saturated carbocycles. The number of hydrogen-bond donors (Lipinski definition) is 1. The molecule has 0 rings (SSSR count). The van der Waals surface area contributed by atoms with Gasteiger partial charge in [0.2, 0.25) is 0 Å². The van der Waals surface area contributed by atoms with Gasteiger partial charge in [0.25, 0.3) is 5.97 Å². The zero-order valence-corrected chi connectivity index (χ0v) is 11.2. The molecule has 0 fully saturated rings. The molecule has 0 radical (unpaired) electrons. The molecule has 14 heavy (non-hydrogen) atoms. The predicted octanol–water partition coefficient (Wildman–Crippen LogP) is 4.66. The molecule has 0 saturated heterocycles. The summed E-state index contributed by atoms with van der Waals surface area (Å²) >= 11 is 14.4. The molecule has 0 amide bonds. The van der Waals surface area contributed by atoms with E-state index in [1.165, 1.54) is 25.7 Å². The Labute approximate surface area is 102 Å². The largest absolute Gasteiger partial charge is 0.481 e. The fraction of sp³-hybridized carbons (Fsp3) is 0.889. The van der Waals surface area contributed by atoms with E-state index in [0.717, 1.165) is 6.92 Å². The van der Waals surface area contributed by atoms with Crippen molar-refractivity contribution in [1.29, 1.82) is 0 Å². The highest BCUT2D eigenvalue weighted by molar-refractivity contribution is 6.63. The van der Waals surface area contributed by atoms with Crippen molar-refractivity contribution in [3.05, 3.63) is 0 Å². The second-order valence-electron chi connectivity index (χ2n) is 2.47. The van der Waals surface area contributed by atoms with Crippen LogP contribution in [-0.2, 0) is 4.79 Å². The lowest BCUT2D eigenvalue weighted by Gasteiger charge is -1.86. The molecule has 0 aromatic rings. The number of carboxylic acids is 1. The van der Waals surface area contributed by atoms with Gasteiger partial charge in [0, 0.05) is 6.92 Å². The molecule has 88 valence electrons. The summed E-state index contributed by atoms with van der Waals surface area (Å²) in [5.41, 5.74) is 0. The summed E-state index contributed by atoms with van der Waals surface area (Å²) in [6, 6.07) is 0. The minimum absolute atomic E-state index is 0.750. The van der Waals surface area contributed by atoms with Crippen LogP contribution in [0, 0.1) is 0 Å². The third-order valence-electron chi connectivity index (χ3n) is 0.957. The highest BCUT2D eigenvalue weighted by Crippen LogP contribution is 2.03. The maximum absolute atomic E-state index is 9.00. The molecule has 0 aromatic heterocycles. The lowest BCUT2D eigenvalue weighted by Crippen LogP contribution is -1.78. The standard InChI is InChI=1S/C6H14.C2H4O2.CHCl3/c1-3-5-6-4-2;1-2(3)4;2-1(3)4/h3-6H2,1-2H3;1H3,(H,3,4);1H. The SMILES string of the molecule is CC(=O)O.CCCCCC.ClC(Cl)Cl. The summed E-state index contributed by atoms with van der Waals surface area (Å²) in [5.74, 6) is -0.833. The molecule has 1 N–H and O–H groups in total. The molecule has 0 heterocycles. The fourth-order valence-corrected chi connectivity index (χ4v) is 0.500. The number of carbonyl (C=O) groups is 1. The van der Waals surface area contributed by atoms with Crippen LogP contribution in [0.2, 0.25) is 0 Å². The Bertz CT molecular complexity index is 97.5. The molecule has 0 unspecified atom stereocenters. The van der Waals surface area contributed by atoms with Crippen molar-refractivity contribution < 1.29 is 9.90 Å². The van der Waals surface area contributed by atoms with Gasteiger partial charge in [0.1, 0.15) is 0 Å². The Hall–Kier alpha value is 0.340. The van der Waals surface area contributed by atoms with E-state index in [1.807, 2.05) is 0 Å². The van der Waals surface area contributed by atoms with Gasteiger partial charge in [-0.3, -0.25) is 4.79 Å². The van der Waals surface area contributed by atoms with Crippen molar-refractivity contribution in [2.75, 3.05) is 0 Å². The summed E-state index contributed by atoms with van der Waals surface area (Å²) in [4.78, 5) is 9.00.